The lowest BCUT2D eigenvalue weighted by Crippen LogP contribution is -2.22. The maximum absolute atomic E-state index is 12.7. The number of aryl methyl sites for hydroxylation is 1. The molecule has 20 heavy (non-hydrogen) atoms. The predicted octanol–water partition coefficient (Wildman–Crippen LogP) is 5.63. The number of hydrogen-bond donors (Lipinski definition) is 0. The summed E-state index contributed by atoms with van der Waals surface area (Å²) in [7, 11) is -1.28. The highest BCUT2D eigenvalue weighted by Crippen LogP contribution is 2.21. The minimum atomic E-state index is -1.28. The van der Waals surface area contributed by atoms with Crippen LogP contribution < -0.4 is 0 Å². The van der Waals surface area contributed by atoms with E-state index >= 15 is 0 Å². The normalized spacial score (nSPS) is 12.6. The van der Waals surface area contributed by atoms with Gasteiger partial charge in [0, 0.05) is 13.6 Å². The molecule has 0 N–H and O–H groups in total. The Labute approximate surface area is 125 Å². The molecule has 0 fully saturated rings. The zero-order chi connectivity index (χ0) is 15.2. The standard InChI is InChI=1S/C18H28OSi/c1-6-7-8-9-17(14-20(3,4)5)18(19)16-12-10-15(2)11-13-16/h9-13H,6-8,14H2,1-5H3/b17-9-. The minimum Gasteiger partial charge on any atom is -0.289 e. The molecular weight excluding hydrogens is 260 g/mol. The van der Waals surface area contributed by atoms with Crippen LogP contribution in [0.5, 0.6) is 0 Å². The van der Waals surface area contributed by atoms with E-state index in [1.807, 2.05) is 31.2 Å². The highest BCUT2D eigenvalue weighted by molar-refractivity contribution is 6.77. The van der Waals surface area contributed by atoms with E-state index in [-0.39, 0.29) is 5.78 Å². The van der Waals surface area contributed by atoms with Crippen molar-refractivity contribution in [2.45, 2.75) is 58.8 Å². The number of carbonyl (C=O) groups excluding carboxylic acids is 1. The number of benzene rings is 1. The number of hydrogen-bond acceptors (Lipinski definition) is 1. The molecule has 0 unspecified atom stereocenters. The molecule has 1 nitrogen and oxygen atoms in total. The van der Waals surface area contributed by atoms with Crippen LogP contribution in [0.25, 0.3) is 0 Å². The minimum absolute atomic E-state index is 0.225. The van der Waals surface area contributed by atoms with Crippen molar-refractivity contribution in [2.75, 3.05) is 0 Å². The molecular formula is C18H28OSi. The molecule has 2 heteroatoms. The van der Waals surface area contributed by atoms with Gasteiger partial charge in [-0.25, -0.2) is 0 Å². The van der Waals surface area contributed by atoms with E-state index < -0.39 is 8.07 Å². The van der Waals surface area contributed by atoms with Gasteiger partial charge in [0.15, 0.2) is 5.78 Å². The average Bonchev–Trinajstić information content (AvgIpc) is 2.36. The molecule has 0 aliphatic heterocycles. The number of Topliss-reactive ketones (excluding diaryl/α,β-unsaturated/α-hetero) is 1. The molecule has 0 heterocycles. The number of rotatable bonds is 7. The number of allylic oxidation sites excluding steroid dienone is 2. The van der Waals surface area contributed by atoms with Crippen LogP contribution in [-0.4, -0.2) is 13.9 Å². The van der Waals surface area contributed by atoms with Crippen LogP contribution in [0, 0.1) is 6.92 Å². The summed E-state index contributed by atoms with van der Waals surface area (Å²) in [5, 5.41) is 0. The fourth-order valence-corrected chi connectivity index (χ4v) is 3.63. The van der Waals surface area contributed by atoms with Crippen molar-refractivity contribution in [3.63, 3.8) is 0 Å². The molecule has 0 spiro atoms. The predicted molar refractivity (Wildman–Crippen MR) is 91.3 cm³/mol. The van der Waals surface area contributed by atoms with Gasteiger partial charge < -0.3 is 0 Å². The molecule has 0 bridgehead atoms. The second kappa shape index (κ2) is 7.58. The van der Waals surface area contributed by atoms with Crippen molar-refractivity contribution in [1.29, 1.82) is 0 Å². The maximum atomic E-state index is 12.7. The number of unbranched alkanes of at least 4 members (excludes halogenated alkanes) is 2. The molecule has 0 aromatic heterocycles. The van der Waals surface area contributed by atoms with Crippen molar-refractivity contribution >= 4 is 13.9 Å². The molecule has 0 aliphatic rings. The first kappa shape index (κ1) is 16.9. The van der Waals surface area contributed by atoms with Crippen LogP contribution in [0.3, 0.4) is 0 Å². The van der Waals surface area contributed by atoms with Gasteiger partial charge in [-0.05, 0) is 25.0 Å². The lowest BCUT2D eigenvalue weighted by molar-refractivity contribution is 0.103. The van der Waals surface area contributed by atoms with E-state index in [0.29, 0.717) is 0 Å². The fourth-order valence-electron chi connectivity index (χ4n) is 2.19. The monoisotopic (exact) mass is 288 g/mol. The molecule has 0 radical (unpaired) electrons. The topological polar surface area (TPSA) is 17.1 Å². The van der Waals surface area contributed by atoms with Gasteiger partial charge >= 0.3 is 0 Å². The first-order valence-electron chi connectivity index (χ1n) is 7.64. The molecule has 1 aromatic carbocycles. The van der Waals surface area contributed by atoms with E-state index in [9.17, 15) is 4.79 Å². The van der Waals surface area contributed by atoms with Crippen LogP contribution in [0.2, 0.25) is 25.7 Å². The van der Waals surface area contributed by atoms with E-state index in [1.165, 1.54) is 12.0 Å². The van der Waals surface area contributed by atoms with Gasteiger partial charge in [-0.2, -0.15) is 0 Å². The Hall–Kier alpha value is -1.15. The highest BCUT2D eigenvalue weighted by atomic mass is 28.3. The summed E-state index contributed by atoms with van der Waals surface area (Å²) in [6.45, 7) is 11.2. The summed E-state index contributed by atoms with van der Waals surface area (Å²) in [6.07, 6.45) is 5.55. The molecule has 110 valence electrons. The molecule has 1 rings (SSSR count). The van der Waals surface area contributed by atoms with Crippen LogP contribution in [0.15, 0.2) is 35.9 Å². The molecule has 0 saturated carbocycles. The number of ketones is 1. The van der Waals surface area contributed by atoms with Crippen LogP contribution in [-0.2, 0) is 0 Å². The first-order chi connectivity index (χ1) is 9.33. The third-order valence-corrected chi connectivity index (χ3v) is 4.72. The summed E-state index contributed by atoms with van der Waals surface area (Å²) in [6, 6.07) is 8.92. The van der Waals surface area contributed by atoms with Gasteiger partial charge in [0.05, 0.1) is 0 Å². The van der Waals surface area contributed by atoms with Crippen LogP contribution >= 0.6 is 0 Å². The zero-order valence-corrected chi connectivity index (χ0v) is 14.6. The summed E-state index contributed by atoms with van der Waals surface area (Å²) in [4.78, 5) is 12.7. The largest absolute Gasteiger partial charge is 0.289 e. The van der Waals surface area contributed by atoms with E-state index in [1.54, 1.807) is 0 Å². The summed E-state index contributed by atoms with van der Waals surface area (Å²) in [5.74, 6) is 0.225. The molecule has 0 saturated heterocycles. The van der Waals surface area contributed by atoms with Crippen molar-refractivity contribution in [2.24, 2.45) is 0 Å². The molecule has 0 aliphatic carbocycles. The van der Waals surface area contributed by atoms with Gasteiger partial charge in [0.1, 0.15) is 0 Å². The van der Waals surface area contributed by atoms with Gasteiger partial charge in [-0.15, -0.1) is 0 Å². The quantitative estimate of drug-likeness (QED) is 0.275. The second-order valence-corrected chi connectivity index (χ2v) is 12.3. The van der Waals surface area contributed by atoms with Crippen molar-refractivity contribution in [3.8, 4) is 0 Å². The number of carbonyl (C=O) groups is 1. The third-order valence-electron chi connectivity index (χ3n) is 3.27. The summed E-state index contributed by atoms with van der Waals surface area (Å²) in [5.41, 5.74) is 3.06. The fraction of sp³-hybridized carbons (Fsp3) is 0.500. The smallest absolute Gasteiger partial charge is 0.188 e. The van der Waals surface area contributed by atoms with Crippen LogP contribution in [0.4, 0.5) is 0 Å². The summed E-state index contributed by atoms with van der Waals surface area (Å²) < 4.78 is 0. The Bertz CT molecular complexity index is 463. The zero-order valence-electron chi connectivity index (χ0n) is 13.6. The highest BCUT2D eigenvalue weighted by Gasteiger charge is 2.20. The third kappa shape index (κ3) is 5.87. The summed E-state index contributed by atoms with van der Waals surface area (Å²) >= 11 is 0. The average molecular weight is 289 g/mol. The van der Waals surface area contributed by atoms with Gasteiger partial charge in [-0.1, -0.05) is 75.3 Å². The Kier molecular flexibility index (Phi) is 6.41. The van der Waals surface area contributed by atoms with E-state index in [0.717, 1.165) is 30.0 Å². The first-order valence-corrected chi connectivity index (χ1v) is 11.3. The van der Waals surface area contributed by atoms with Gasteiger partial charge in [0.2, 0.25) is 0 Å². The Morgan fingerprint density at radius 3 is 2.25 bits per heavy atom. The maximum Gasteiger partial charge on any atom is 0.188 e. The van der Waals surface area contributed by atoms with Crippen molar-refractivity contribution in [3.05, 3.63) is 47.0 Å². The second-order valence-electron chi connectivity index (χ2n) is 6.80. The van der Waals surface area contributed by atoms with Gasteiger partial charge in [0.25, 0.3) is 0 Å². The Morgan fingerprint density at radius 2 is 1.75 bits per heavy atom. The Morgan fingerprint density at radius 1 is 1.15 bits per heavy atom. The van der Waals surface area contributed by atoms with Gasteiger partial charge in [-0.3, -0.25) is 4.79 Å². The molecule has 1 aromatic rings. The lowest BCUT2D eigenvalue weighted by Gasteiger charge is -2.18. The van der Waals surface area contributed by atoms with E-state index in [2.05, 4.69) is 32.6 Å². The molecule has 0 amide bonds. The molecule has 0 atom stereocenters. The Balaban J connectivity index is 2.94. The lowest BCUT2D eigenvalue weighted by atomic mass is 10.0. The van der Waals surface area contributed by atoms with Crippen LogP contribution in [0.1, 0.15) is 42.1 Å². The van der Waals surface area contributed by atoms with E-state index in [4.69, 9.17) is 0 Å². The van der Waals surface area contributed by atoms with Crippen molar-refractivity contribution < 1.29 is 4.79 Å². The SMILES string of the molecule is CCCC/C=C(/C[Si](C)(C)C)C(=O)c1ccc(C)cc1. The van der Waals surface area contributed by atoms with Crippen molar-refractivity contribution in [1.82, 2.24) is 0 Å².